The van der Waals surface area contributed by atoms with Gasteiger partial charge in [-0.05, 0) is 37.4 Å². The summed E-state index contributed by atoms with van der Waals surface area (Å²) >= 11 is 8.92. The maximum atomic E-state index is 13.3. The molecule has 0 fully saturated rings. The van der Waals surface area contributed by atoms with Crippen molar-refractivity contribution in [3.05, 3.63) is 33.5 Å². The summed E-state index contributed by atoms with van der Waals surface area (Å²) in [5.41, 5.74) is 0.705. The average molecular weight is 468 g/mol. The Kier molecular flexibility index (Phi) is 7.93. The minimum absolute atomic E-state index is 0.00216. The van der Waals surface area contributed by atoms with Crippen LogP contribution in [0, 0.1) is 0 Å². The second kappa shape index (κ2) is 10.4. The van der Waals surface area contributed by atoms with Gasteiger partial charge in [0.05, 0.1) is 25.0 Å². The molecule has 0 aliphatic rings. The van der Waals surface area contributed by atoms with Gasteiger partial charge in [0.2, 0.25) is 5.91 Å². The minimum atomic E-state index is -0.00216. The molecular formula is C21H26ClN3O3S2. The third kappa shape index (κ3) is 5.06. The zero-order valence-corrected chi connectivity index (χ0v) is 20.0. The molecule has 0 spiro atoms. The number of halogens is 1. The van der Waals surface area contributed by atoms with Crippen LogP contribution in [0.2, 0.25) is 4.34 Å². The number of anilines is 1. The Morgan fingerprint density at radius 3 is 2.33 bits per heavy atom. The van der Waals surface area contributed by atoms with Gasteiger partial charge >= 0.3 is 0 Å². The number of hydrogen-bond donors (Lipinski definition) is 0. The van der Waals surface area contributed by atoms with Crippen molar-refractivity contribution < 1.29 is 14.3 Å². The normalized spacial score (nSPS) is 11.3. The van der Waals surface area contributed by atoms with Crippen LogP contribution < -0.4 is 14.4 Å². The molecule has 0 bridgehead atoms. The van der Waals surface area contributed by atoms with E-state index in [2.05, 4.69) is 18.7 Å². The van der Waals surface area contributed by atoms with Gasteiger partial charge in [-0.3, -0.25) is 9.69 Å². The molecule has 0 atom stereocenters. The highest BCUT2D eigenvalue weighted by molar-refractivity contribution is 7.22. The van der Waals surface area contributed by atoms with Gasteiger partial charge in [-0.15, -0.1) is 11.3 Å². The summed E-state index contributed by atoms with van der Waals surface area (Å²) in [6.07, 6.45) is 0.291. The minimum Gasteiger partial charge on any atom is -0.495 e. The lowest BCUT2D eigenvalue weighted by atomic mass is 10.3. The Morgan fingerprint density at radius 1 is 1.03 bits per heavy atom. The van der Waals surface area contributed by atoms with E-state index in [4.69, 9.17) is 26.1 Å². The molecule has 0 aliphatic heterocycles. The molecule has 2 heterocycles. The molecule has 0 aliphatic carbocycles. The van der Waals surface area contributed by atoms with E-state index in [1.807, 2.05) is 24.3 Å². The number of hydrogen-bond acceptors (Lipinski definition) is 7. The number of carbonyl (C=O) groups is 1. The molecule has 6 nitrogen and oxygen atoms in total. The predicted octanol–water partition coefficient (Wildman–Crippen LogP) is 4.95. The molecule has 9 heteroatoms. The van der Waals surface area contributed by atoms with E-state index in [0.717, 1.165) is 35.0 Å². The van der Waals surface area contributed by atoms with Crippen LogP contribution in [0.15, 0.2) is 24.3 Å². The molecule has 2 aromatic heterocycles. The fourth-order valence-corrected chi connectivity index (χ4v) is 5.39. The van der Waals surface area contributed by atoms with Crippen molar-refractivity contribution in [2.75, 3.05) is 45.3 Å². The Balaban J connectivity index is 1.96. The average Bonchev–Trinajstić information content (AvgIpc) is 3.36. The molecule has 0 unspecified atom stereocenters. The van der Waals surface area contributed by atoms with E-state index >= 15 is 0 Å². The van der Waals surface area contributed by atoms with Gasteiger partial charge in [-0.25, -0.2) is 4.98 Å². The topological polar surface area (TPSA) is 54.9 Å². The number of thiophene rings is 1. The fraction of sp³-hybridized carbons (Fsp3) is 0.429. The maximum Gasteiger partial charge on any atom is 0.234 e. The van der Waals surface area contributed by atoms with E-state index in [1.165, 1.54) is 22.7 Å². The molecule has 0 N–H and O–H groups in total. The number of ether oxygens (including phenoxy) is 2. The van der Waals surface area contributed by atoms with Crippen LogP contribution in [0.3, 0.4) is 0 Å². The standard InChI is InChI=1S/C21H26ClN3O3S2/c1-5-24(6-2)11-12-25(18(26)13-14-7-10-17(22)29-14)21-23-19-15(27-3)8-9-16(28-4)20(19)30-21/h7-10H,5-6,11-13H2,1-4H3. The van der Waals surface area contributed by atoms with Crippen molar-refractivity contribution in [2.24, 2.45) is 0 Å². The first-order valence-electron chi connectivity index (χ1n) is 9.79. The summed E-state index contributed by atoms with van der Waals surface area (Å²) in [7, 11) is 3.24. The summed E-state index contributed by atoms with van der Waals surface area (Å²) in [5.74, 6) is 1.38. The lowest BCUT2D eigenvalue weighted by molar-refractivity contribution is -0.118. The number of rotatable bonds is 10. The lowest BCUT2D eigenvalue weighted by Gasteiger charge is -2.24. The highest BCUT2D eigenvalue weighted by Gasteiger charge is 2.23. The van der Waals surface area contributed by atoms with Crippen molar-refractivity contribution in [3.8, 4) is 11.5 Å². The summed E-state index contributed by atoms with van der Waals surface area (Å²) in [4.78, 5) is 23.0. The maximum absolute atomic E-state index is 13.3. The van der Waals surface area contributed by atoms with Crippen LogP contribution in [-0.2, 0) is 11.2 Å². The highest BCUT2D eigenvalue weighted by atomic mass is 35.5. The molecule has 0 saturated carbocycles. The number of thiazole rings is 1. The van der Waals surface area contributed by atoms with Crippen LogP contribution in [0.5, 0.6) is 11.5 Å². The quantitative estimate of drug-likeness (QED) is 0.422. The van der Waals surface area contributed by atoms with Crippen LogP contribution in [-0.4, -0.2) is 56.2 Å². The van der Waals surface area contributed by atoms with Crippen LogP contribution in [0.1, 0.15) is 18.7 Å². The van der Waals surface area contributed by atoms with Crippen LogP contribution >= 0.6 is 34.3 Å². The van der Waals surface area contributed by atoms with Crippen LogP contribution in [0.25, 0.3) is 10.2 Å². The number of fused-ring (bicyclic) bond motifs is 1. The van der Waals surface area contributed by atoms with Gasteiger partial charge in [0, 0.05) is 18.0 Å². The highest BCUT2D eigenvalue weighted by Crippen LogP contribution is 2.40. The van der Waals surface area contributed by atoms with Gasteiger partial charge in [0.15, 0.2) is 5.13 Å². The van der Waals surface area contributed by atoms with E-state index in [0.29, 0.717) is 33.7 Å². The van der Waals surface area contributed by atoms with Crippen molar-refractivity contribution in [3.63, 3.8) is 0 Å². The summed E-state index contributed by atoms with van der Waals surface area (Å²) in [5, 5.41) is 0.646. The van der Waals surface area contributed by atoms with Crippen molar-refractivity contribution in [1.82, 2.24) is 9.88 Å². The lowest BCUT2D eigenvalue weighted by Crippen LogP contribution is -2.39. The van der Waals surface area contributed by atoms with Crippen molar-refractivity contribution >= 4 is 55.5 Å². The van der Waals surface area contributed by atoms with Gasteiger partial charge in [0.25, 0.3) is 0 Å². The largest absolute Gasteiger partial charge is 0.495 e. The first kappa shape index (κ1) is 22.8. The second-order valence-electron chi connectivity index (χ2n) is 6.60. The molecular weight excluding hydrogens is 442 g/mol. The smallest absolute Gasteiger partial charge is 0.234 e. The summed E-state index contributed by atoms with van der Waals surface area (Å²) in [6.45, 7) is 7.44. The molecule has 30 heavy (non-hydrogen) atoms. The van der Waals surface area contributed by atoms with Gasteiger partial charge in [0.1, 0.15) is 21.7 Å². The number of aromatic nitrogens is 1. The van der Waals surface area contributed by atoms with Crippen molar-refractivity contribution in [1.29, 1.82) is 0 Å². The zero-order chi connectivity index (χ0) is 21.7. The molecule has 0 saturated heterocycles. The molecule has 1 aromatic carbocycles. The molecule has 0 radical (unpaired) electrons. The molecule has 1 amide bonds. The first-order chi connectivity index (χ1) is 14.5. The second-order valence-corrected chi connectivity index (χ2v) is 9.38. The number of methoxy groups -OCH3 is 2. The number of amides is 1. The number of likely N-dealkylation sites (N-methyl/N-ethyl adjacent to an activating group) is 1. The molecule has 3 rings (SSSR count). The number of carbonyl (C=O) groups excluding carboxylic acids is 1. The SMILES string of the molecule is CCN(CC)CCN(C(=O)Cc1ccc(Cl)s1)c1nc2c(OC)ccc(OC)c2s1. The molecule has 3 aromatic rings. The molecule has 162 valence electrons. The van der Waals surface area contributed by atoms with Gasteiger partial charge in [-0.2, -0.15) is 0 Å². The Bertz CT molecular complexity index is 960. The third-order valence-corrected chi connectivity index (χ3v) is 7.24. The zero-order valence-electron chi connectivity index (χ0n) is 17.6. The predicted molar refractivity (Wildman–Crippen MR) is 126 cm³/mol. The summed E-state index contributed by atoms with van der Waals surface area (Å²) < 4.78 is 12.5. The first-order valence-corrected chi connectivity index (χ1v) is 11.8. The monoisotopic (exact) mass is 467 g/mol. The fourth-order valence-electron chi connectivity index (χ4n) is 3.19. The Hall–Kier alpha value is -1.87. The Labute approximate surface area is 190 Å². The van der Waals surface area contributed by atoms with E-state index in [-0.39, 0.29) is 5.91 Å². The number of nitrogens with zero attached hydrogens (tertiary/aromatic N) is 3. The van der Waals surface area contributed by atoms with Gasteiger partial charge < -0.3 is 14.4 Å². The van der Waals surface area contributed by atoms with Crippen molar-refractivity contribution in [2.45, 2.75) is 20.3 Å². The third-order valence-electron chi connectivity index (χ3n) is 4.92. The Morgan fingerprint density at radius 2 is 1.73 bits per heavy atom. The van der Waals surface area contributed by atoms with E-state index < -0.39 is 0 Å². The van der Waals surface area contributed by atoms with Crippen LogP contribution in [0.4, 0.5) is 5.13 Å². The summed E-state index contributed by atoms with van der Waals surface area (Å²) in [6, 6.07) is 7.42. The van der Waals surface area contributed by atoms with Gasteiger partial charge in [-0.1, -0.05) is 36.8 Å². The van der Waals surface area contributed by atoms with E-state index in [1.54, 1.807) is 19.1 Å². The number of benzene rings is 1. The van der Waals surface area contributed by atoms with E-state index in [9.17, 15) is 4.79 Å².